The number of ether oxygens (including phenoxy) is 1. The molecule has 0 saturated carbocycles. The molecule has 18 heavy (non-hydrogen) atoms. The van der Waals surface area contributed by atoms with Gasteiger partial charge >= 0.3 is 0 Å². The quantitative estimate of drug-likeness (QED) is 0.642. The Morgan fingerprint density at radius 2 is 2.06 bits per heavy atom. The van der Waals surface area contributed by atoms with E-state index in [2.05, 4.69) is 10.6 Å². The zero-order valence-corrected chi connectivity index (χ0v) is 11.2. The molecule has 1 amide bonds. The Labute approximate surface area is 112 Å². The average Bonchev–Trinajstić information content (AvgIpc) is 2.37. The summed E-state index contributed by atoms with van der Waals surface area (Å²) in [6.45, 7) is 2.59. The van der Waals surface area contributed by atoms with Gasteiger partial charge < -0.3 is 10.1 Å². The molecule has 0 aliphatic carbocycles. The minimum atomic E-state index is -0.253. The average molecular weight is 264 g/mol. The molecule has 1 rings (SSSR count). The van der Waals surface area contributed by atoms with Gasteiger partial charge in [0.05, 0.1) is 7.11 Å². The van der Waals surface area contributed by atoms with Gasteiger partial charge in [0.15, 0.2) is 5.11 Å². The predicted octanol–water partition coefficient (Wildman–Crippen LogP) is 1.72. The van der Waals surface area contributed by atoms with Crippen molar-refractivity contribution >= 4 is 29.3 Å². The number of nitrogens with one attached hydrogen (secondary N) is 2. The molecule has 2 N–H and O–H groups in total. The van der Waals surface area contributed by atoms with Gasteiger partial charge in [-0.25, -0.2) is 0 Å². The van der Waals surface area contributed by atoms with Crippen molar-refractivity contribution in [3.8, 4) is 5.75 Å². The van der Waals surface area contributed by atoms with Crippen LogP contribution in [-0.4, -0.2) is 24.7 Å². The summed E-state index contributed by atoms with van der Waals surface area (Å²) in [6.07, 6.45) is 3.15. The molecule has 5 heteroatoms. The van der Waals surface area contributed by atoms with Crippen LogP contribution in [0, 0.1) is 0 Å². The number of rotatable bonds is 4. The van der Waals surface area contributed by atoms with Gasteiger partial charge in [-0.2, -0.15) is 0 Å². The highest BCUT2D eigenvalue weighted by molar-refractivity contribution is 7.80. The van der Waals surface area contributed by atoms with E-state index in [4.69, 9.17) is 17.0 Å². The highest BCUT2D eigenvalue weighted by Gasteiger charge is 1.98. The van der Waals surface area contributed by atoms with Crippen LogP contribution >= 0.6 is 12.2 Å². The smallest absolute Gasteiger partial charge is 0.250 e. The van der Waals surface area contributed by atoms with Crippen LogP contribution < -0.4 is 15.4 Å². The standard InChI is InChI=1S/C13H16N2O2S/c1-3-14-13(18)15-12(16)9-6-10-4-7-11(17-2)8-5-10/h4-9H,3H2,1-2H3,(H2,14,15,16,18)/b9-6+. The molecule has 0 fully saturated rings. The van der Waals surface area contributed by atoms with Crippen molar-refractivity contribution in [2.24, 2.45) is 0 Å². The van der Waals surface area contributed by atoms with Crippen LogP contribution in [0.2, 0.25) is 0 Å². The number of benzene rings is 1. The lowest BCUT2D eigenvalue weighted by Gasteiger charge is -2.04. The van der Waals surface area contributed by atoms with E-state index in [0.717, 1.165) is 11.3 Å². The summed E-state index contributed by atoms with van der Waals surface area (Å²) < 4.78 is 5.05. The van der Waals surface area contributed by atoms with E-state index in [9.17, 15) is 4.79 Å². The zero-order valence-electron chi connectivity index (χ0n) is 10.4. The fraction of sp³-hybridized carbons (Fsp3) is 0.231. The van der Waals surface area contributed by atoms with Crippen molar-refractivity contribution in [2.45, 2.75) is 6.92 Å². The molecule has 0 radical (unpaired) electrons. The molecule has 0 heterocycles. The van der Waals surface area contributed by atoms with E-state index >= 15 is 0 Å². The minimum absolute atomic E-state index is 0.253. The molecule has 1 aromatic carbocycles. The van der Waals surface area contributed by atoms with E-state index in [1.54, 1.807) is 13.2 Å². The maximum Gasteiger partial charge on any atom is 0.250 e. The van der Waals surface area contributed by atoms with Crippen LogP contribution in [0.5, 0.6) is 5.75 Å². The number of thiocarbonyl (C=S) groups is 1. The third-order valence-electron chi connectivity index (χ3n) is 2.12. The van der Waals surface area contributed by atoms with Crippen molar-refractivity contribution in [3.05, 3.63) is 35.9 Å². The first-order chi connectivity index (χ1) is 8.65. The van der Waals surface area contributed by atoms with Crippen molar-refractivity contribution in [3.63, 3.8) is 0 Å². The van der Waals surface area contributed by atoms with Crippen molar-refractivity contribution in [2.75, 3.05) is 13.7 Å². The van der Waals surface area contributed by atoms with Crippen LogP contribution in [0.25, 0.3) is 6.08 Å². The third-order valence-corrected chi connectivity index (χ3v) is 2.36. The SMILES string of the molecule is CCNC(=S)NC(=O)/C=C/c1ccc(OC)cc1. The summed E-state index contributed by atoms with van der Waals surface area (Å²) in [7, 11) is 1.61. The summed E-state index contributed by atoms with van der Waals surface area (Å²) in [5, 5.41) is 5.72. The molecule has 0 aliphatic rings. The number of hydrogen-bond donors (Lipinski definition) is 2. The first-order valence-electron chi connectivity index (χ1n) is 5.56. The van der Waals surface area contributed by atoms with Crippen LogP contribution in [0.4, 0.5) is 0 Å². The van der Waals surface area contributed by atoms with E-state index in [0.29, 0.717) is 11.7 Å². The fourth-order valence-electron chi connectivity index (χ4n) is 1.25. The van der Waals surface area contributed by atoms with Crippen molar-refractivity contribution < 1.29 is 9.53 Å². The molecule has 0 spiro atoms. The second-order valence-electron chi connectivity index (χ2n) is 3.46. The maximum atomic E-state index is 11.5. The van der Waals surface area contributed by atoms with Gasteiger partial charge in [0.25, 0.3) is 0 Å². The number of amides is 1. The Morgan fingerprint density at radius 1 is 1.39 bits per heavy atom. The van der Waals surface area contributed by atoms with Gasteiger partial charge in [-0.05, 0) is 42.9 Å². The second kappa shape index (κ2) is 7.45. The number of carbonyl (C=O) groups excluding carboxylic acids is 1. The topological polar surface area (TPSA) is 50.4 Å². The number of hydrogen-bond acceptors (Lipinski definition) is 3. The summed E-state index contributed by atoms with van der Waals surface area (Å²) >= 11 is 4.90. The third kappa shape index (κ3) is 4.97. The first kappa shape index (κ1) is 14.2. The molecule has 0 aromatic heterocycles. The van der Waals surface area contributed by atoms with Crippen molar-refractivity contribution in [1.82, 2.24) is 10.6 Å². The van der Waals surface area contributed by atoms with Crippen LogP contribution in [0.1, 0.15) is 12.5 Å². The Morgan fingerprint density at radius 3 is 2.61 bits per heavy atom. The molecule has 0 unspecified atom stereocenters. The lowest BCUT2D eigenvalue weighted by molar-refractivity contribution is -0.115. The first-order valence-corrected chi connectivity index (χ1v) is 5.97. The van der Waals surface area contributed by atoms with Crippen molar-refractivity contribution in [1.29, 1.82) is 0 Å². The Kier molecular flexibility index (Phi) is 5.87. The number of methoxy groups -OCH3 is 1. The molecule has 4 nitrogen and oxygen atoms in total. The Balaban J connectivity index is 2.52. The van der Waals surface area contributed by atoms with Gasteiger partial charge in [-0.1, -0.05) is 12.1 Å². The normalized spacial score (nSPS) is 10.1. The van der Waals surface area contributed by atoms with Gasteiger partial charge in [-0.15, -0.1) is 0 Å². The summed E-state index contributed by atoms with van der Waals surface area (Å²) in [6, 6.07) is 7.40. The summed E-state index contributed by atoms with van der Waals surface area (Å²) in [4.78, 5) is 11.5. The lowest BCUT2D eigenvalue weighted by Crippen LogP contribution is -2.38. The fourth-order valence-corrected chi connectivity index (χ4v) is 1.49. The number of carbonyl (C=O) groups is 1. The maximum absolute atomic E-state index is 11.5. The zero-order chi connectivity index (χ0) is 13.4. The molecule has 0 bridgehead atoms. The van der Waals surface area contributed by atoms with Crippen LogP contribution in [0.3, 0.4) is 0 Å². The monoisotopic (exact) mass is 264 g/mol. The summed E-state index contributed by atoms with van der Waals surface area (Å²) in [5.41, 5.74) is 0.917. The van der Waals surface area contributed by atoms with E-state index in [-0.39, 0.29) is 5.91 Å². The highest BCUT2D eigenvalue weighted by Crippen LogP contribution is 2.11. The van der Waals surface area contributed by atoms with Gasteiger partial charge in [-0.3, -0.25) is 10.1 Å². The minimum Gasteiger partial charge on any atom is -0.497 e. The molecule has 0 saturated heterocycles. The molecule has 0 aliphatic heterocycles. The predicted molar refractivity (Wildman–Crippen MR) is 76.4 cm³/mol. The lowest BCUT2D eigenvalue weighted by atomic mass is 10.2. The summed E-state index contributed by atoms with van der Waals surface area (Å²) in [5.74, 6) is 0.529. The molecule has 96 valence electrons. The highest BCUT2D eigenvalue weighted by atomic mass is 32.1. The van der Waals surface area contributed by atoms with Crippen LogP contribution in [0.15, 0.2) is 30.3 Å². The Hall–Kier alpha value is -1.88. The van der Waals surface area contributed by atoms with Gasteiger partial charge in [0.2, 0.25) is 5.91 Å². The molecule has 1 aromatic rings. The van der Waals surface area contributed by atoms with E-state index in [1.807, 2.05) is 31.2 Å². The van der Waals surface area contributed by atoms with E-state index in [1.165, 1.54) is 6.08 Å². The molecule has 0 atom stereocenters. The van der Waals surface area contributed by atoms with Gasteiger partial charge in [0.1, 0.15) is 5.75 Å². The van der Waals surface area contributed by atoms with Gasteiger partial charge in [0, 0.05) is 12.6 Å². The molecular weight excluding hydrogens is 248 g/mol. The van der Waals surface area contributed by atoms with E-state index < -0.39 is 0 Å². The second-order valence-corrected chi connectivity index (χ2v) is 3.86. The molecular formula is C13H16N2O2S. The largest absolute Gasteiger partial charge is 0.497 e. The Bertz CT molecular complexity index is 441. The van der Waals surface area contributed by atoms with Crippen LogP contribution in [-0.2, 0) is 4.79 Å².